The lowest BCUT2D eigenvalue weighted by Crippen LogP contribution is -2.06. The summed E-state index contributed by atoms with van der Waals surface area (Å²) in [5.74, 6) is 0.944. The first-order valence-corrected chi connectivity index (χ1v) is 7.24. The van der Waals surface area contributed by atoms with Gasteiger partial charge in [0, 0.05) is 15.9 Å². The first-order chi connectivity index (χ1) is 8.16. The molecule has 0 atom stereocenters. The van der Waals surface area contributed by atoms with Crippen molar-refractivity contribution < 1.29 is 0 Å². The number of anilines is 1. The van der Waals surface area contributed by atoms with Crippen LogP contribution in [-0.2, 0) is 6.42 Å². The van der Waals surface area contributed by atoms with Gasteiger partial charge in [0.2, 0.25) is 0 Å². The van der Waals surface area contributed by atoms with E-state index in [-0.39, 0.29) is 0 Å². The Morgan fingerprint density at radius 2 is 2.12 bits per heavy atom. The summed E-state index contributed by atoms with van der Waals surface area (Å²) >= 11 is 5.27. The lowest BCUT2D eigenvalue weighted by molar-refractivity contribution is 1.01. The number of hydrogen-bond donors (Lipinski definition) is 1. The van der Waals surface area contributed by atoms with Gasteiger partial charge < -0.3 is 5.32 Å². The van der Waals surface area contributed by atoms with Crippen LogP contribution in [0.15, 0.2) is 28.1 Å². The van der Waals surface area contributed by atoms with Crippen LogP contribution in [0, 0.1) is 13.8 Å². The minimum absolute atomic E-state index is 0.926. The maximum absolute atomic E-state index is 4.46. The zero-order valence-corrected chi connectivity index (χ0v) is 12.4. The first kappa shape index (κ1) is 12.6. The van der Waals surface area contributed by atoms with Crippen molar-refractivity contribution in [2.45, 2.75) is 20.3 Å². The Morgan fingerprint density at radius 3 is 2.76 bits per heavy atom. The van der Waals surface area contributed by atoms with Crippen molar-refractivity contribution in [1.82, 2.24) is 4.98 Å². The third-order valence-corrected chi connectivity index (χ3v) is 4.57. The summed E-state index contributed by atoms with van der Waals surface area (Å²) in [6, 6.07) is 6.20. The summed E-state index contributed by atoms with van der Waals surface area (Å²) in [6.07, 6.45) is 1.06. The van der Waals surface area contributed by atoms with E-state index < -0.39 is 0 Å². The Bertz CT molecular complexity index is 508. The fourth-order valence-corrected chi connectivity index (χ4v) is 2.74. The van der Waals surface area contributed by atoms with Crippen LogP contribution in [0.25, 0.3) is 0 Å². The number of nitrogens with one attached hydrogen (secondary N) is 1. The number of rotatable bonds is 4. The van der Waals surface area contributed by atoms with E-state index in [1.165, 1.54) is 10.4 Å². The number of halogens is 1. The van der Waals surface area contributed by atoms with Gasteiger partial charge in [0.25, 0.3) is 0 Å². The van der Waals surface area contributed by atoms with E-state index in [2.05, 4.69) is 44.6 Å². The number of nitrogens with zero attached hydrogens (tertiary/aromatic N) is 1. The highest BCUT2D eigenvalue weighted by atomic mass is 79.9. The molecule has 2 heterocycles. The van der Waals surface area contributed by atoms with Crippen molar-refractivity contribution in [1.29, 1.82) is 0 Å². The van der Waals surface area contributed by atoms with Crippen molar-refractivity contribution >= 4 is 33.1 Å². The van der Waals surface area contributed by atoms with Gasteiger partial charge in [-0.1, -0.05) is 0 Å². The second-order valence-electron chi connectivity index (χ2n) is 3.97. The monoisotopic (exact) mass is 310 g/mol. The van der Waals surface area contributed by atoms with Crippen molar-refractivity contribution in [2.75, 3.05) is 11.9 Å². The molecule has 0 aliphatic carbocycles. The fourth-order valence-electron chi connectivity index (χ4n) is 1.61. The maximum atomic E-state index is 4.46. The molecule has 1 N–H and O–H groups in total. The third kappa shape index (κ3) is 3.30. The van der Waals surface area contributed by atoms with Crippen molar-refractivity contribution in [3.05, 3.63) is 44.2 Å². The second-order valence-corrected chi connectivity index (χ2v) is 5.82. The molecule has 2 aromatic rings. The molecule has 4 heteroatoms. The smallest absolute Gasteiger partial charge is 0.126 e. The molecule has 2 nitrogen and oxygen atoms in total. The van der Waals surface area contributed by atoms with Gasteiger partial charge in [-0.15, -0.1) is 11.3 Å². The van der Waals surface area contributed by atoms with Crippen LogP contribution in [0.5, 0.6) is 0 Å². The van der Waals surface area contributed by atoms with Crippen LogP contribution >= 0.6 is 27.3 Å². The van der Waals surface area contributed by atoms with Crippen LogP contribution in [0.4, 0.5) is 5.82 Å². The molecule has 0 spiro atoms. The molecule has 0 saturated carbocycles. The Morgan fingerprint density at radius 1 is 1.29 bits per heavy atom. The van der Waals surface area contributed by atoms with Crippen molar-refractivity contribution in [3.8, 4) is 0 Å². The molecule has 0 saturated heterocycles. The predicted molar refractivity (Wildman–Crippen MR) is 77.9 cm³/mol. The Balaban J connectivity index is 1.90. The van der Waals surface area contributed by atoms with Gasteiger partial charge in [-0.2, -0.15) is 0 Å². The summed E-state index contributed by atoms with van der Waals surface area (Å²) < 4.78 is 1.05. The van der Waals surface area contributed by atoms with Crippen LogP contribution < -0.4 is 5.32 Å². The normalized spacial score (nSPS) is 10.5. The van der Waals surface area contributed by atoms with E-state index in [1.807, 2.05) is 30.4 Å². The number of thiophene rings is 1. The number of aromatic nitrogens is 1. The molecule has 0 aromatic carbocycles. The van der Waals surface area contributed by atoms with Crippen LogP contribution in [0.1, 0.15) is 16.1 Å². The van der Waals surface area contributed by atoms with Crippen molar-refractivity contribution in [3.63, 3.8) is 0 Å². The van der Waals surface area contributed by atoms with Gasteiger partial charge in [-0.25, -0.2) is 4.98 Å². The van der Waals surface area contributed by atoms with E-state index in [0.29, 0.717) is 0 Å². The van der Waals surface area contributed by atoms with Crippen LogP contribution in [0.2, 0.25) is 0 Å². The summed E-state index contributed by atoms with van der Waals surface area (Å²) in [6.45, 7) is 5.09. The average Bonchev–Trinajstić information content (AvgIpc) is 2.70. The maximum Gasteiger partial charge on any atom is 0.126 e. The standard InChI is InChI=1S/C13H15BrN2S/c1-9-6-8-17-12(9)5-7-15-13-4-3-11(14)10(2)16-13/h3-4,6,8H,5,7H2,1-2H3,(H,15,16). The number of hydrogen-bond acceptors (Lipinski definition) is 3. The topological polar surface area (TPSA) is 24.9 Å². The van der Waals surface area contributed by atoms with E-state index in [9.17, 15) is 0 Å². The van der Waals surface area contributed by atoms with Gasteiger partial charge in [-0.3, -0.25) is 0 Å². The zero-order valence-electron chi connectivity index (χ0n) is 9.96. The summed E-state index contributed by atoms with van der Waals surface area (Å²) in [5, 5.41) is 5.50. The SMILES string of the molecule is Cc1ccsc1CCNc1ccc(Br)c(C)n1. The highest BCUT2D eigenvalue weighted by molar-refractivity contribution is 9.10. The van der Waals surface area contributed by atoms with Gasteiger partial charge >= 0.3 is 0 Å². The second kappa shape index (κ2) is 5.65. The molecule has 0 amide bonds. The molecule has 2 rings (SSSR count). The van der Waals surface area contributed by atoms with Crippen molar-refractivity contribution in [2.24, 2.45) is 0 Å². The molecule has 0 fully saturated rings. The van der Waals surface area contributed by atoms with E-state index in [0.717, 1.165) is 29.0 Å². The largest absolute Gasteiger partial charge is 0.370 e. The lowest BCUT2D eigenvalue weighted by atomic mass is 10.2. The van der Waals surface area contributed by atoms with E-state index >= 15 is 0 Å². The van der Waals surface area contributed by atoms with Gasteiger partial charge in [0.1, 0.15) is 5.82 Å². The number of pyridine rings is 1. The Hall–Kier alpha value is -0.870. The molecule has 0 aliphatic rings. The molecule has 0 bridgehead atoms. The number of aryl methyl sites for hydroxylation is 2. The fraction of sp³-hybridized carbons (Fsp3) is 0.308. The van der Waals surface area contributed by atoms with Gasteiger partial charge in [0.15, 0.2) is 0 Å². The lowest BCUT2D eigenvalue weighted by Gasteiger charge is -2.06. The molecular formula is C13H15BrN2S. The highest BCUT2D eigenvalue weighted by Gasteiger charge is 2.01. The summed E-state index contributed by atoms with van der Waals surface area (Å²) in [5.41, 5.74) is 2.40. The molecule has 90 valence electrons. The predicted octanol–water partition coefficient (Wildman–Crippen LogP) is 4.18. The van der Waals surface area contributed by atoms with Crippen LogP contribution in [0.3, 0.4) is 0 Å². The Labute approximate surface area is 114 Å². The first-order valence-electron chi connectivity index (χ1n) is 5.57. The minimum atomic E-state index is 0.926. The molecular weight excluding hydrogens is 296 g/mol. The highest BCUT2D eigenvalue weighted by Crippen LogP contribution is 2.18. The molecule has 2 aromatic heterocycles. The minimum Gasteiger partial charge on any atom is -0.370 e. The molecule has 17 heavy (non-hydrogen) atoms. The zero-order chi connectivity index (χ0) is 12.3. The van der Waals surface area contributed by atoms with E-state index in [4.69, 9.17) is 0 Å². The molecule has 0 unspecified atom stereocenters. The summed E-state index contributed by atoms with van der Waals surface area (Å²) in [7, 11) is 0. The summed E-state index contributed by atoms with van der Waals surface area (Å²) in [4.78, 5) is 5.91. The van der Waals surface area contributed by atoms with Gasteiger partial charge in [0.05, 0.1) is 5.69 Å². The average molecular weight is 311 g/mol. The third-order valence-electron chi connectivity index (χ3n) is 2.65. The quantitative estimate of drug-likeness (QED) is 0.916. The molecule has 0 radical (unpaired) electrons. The van der Waals surface area contributed by atoms with E-state index in [1.54, 1.807) is 0 Å². The molecule has 0 aliphatic heterocycles. The Kier molecular flexibility index (Phi) is 4.18. The van der Waals surface area contributed by atoms with Crippen LogP contribution in [-0.4, -0.2) is 11.5 Å². The van der Waals surface area contributed by atoms with Gasteiger partial charge in [-0.05, 0) is 65.3 Å².